The third-order valence-electron chi connectivity index (χ3n) is 7.58. The SMILES string of the molecule is CCCCCC1CCC(CCCOc2ccc(C3CCC(C)CC3)cc2)CC1. The van der Waals surface area contributed by atoms with Gasteiger partial charge in [-0.2, -0.15) is 0 Å². The first-order chi connectivity index (χ1) is 13.7. The van der Waals surface area contributed by atoms with Gasteiger partial charge in [0.25, 0.3) is 0 Å². The summed E-state index contributed by atoms with van der Waals surface area (Å²) < 4.78 is 6.04. The van der Waals surface area contributed by atoms with E-state index in [1.165, 1.54) is 95.5 Å². The van der Waals surface area contributed by atoms with E-state index in [2.05, 4.69) is 38.1 Å². The van der Waals surface area contributed by atoms with E-state index in [1.807, 2.05) is 0 Å². The lowest BCUT2D eigenvalue weighted by Crippen LogP contribution is -2.15. The summed E-state index contributed by atoms with van der Waals surface area (Å²) in [5.74, 6) is 4.76. The lowest BCUT2D eigenvalue weighted by atomic mass is 9.78. The van der Waals surface area contributed by atoms with Crippen molar-refractivity contribution in [3.63, 3.8) is 0 Å². The second-order valence-corrected chi connectivity index (χ2v) is 9.90. The normalized spacial score (nSPS) is 28.2. The fourth-order valence-electron chi connectivity index (χ4n) is 5.48. The zero-order valence-electron chi connectivity index (χ0n) is 18.6. The number of ether oxygens (including phenoxy) is 1. The van der Waals surface area contributed by atoms with E-state index in [-0.39, 0.29) is 0 Å². The van der Waals surface area contributed by atoms with Gasteiger partial charge in [-0.1, -0.05) is 90.2 Å². The Morgan fingerprint density at radius 2 is 1.36 bits per heavy atom. The molecule has 0 atom stereocenters. The van der Waals surface area contributed by atoms with E-state index < -0.39 is 0 Å². The maximum Gasteiger partial charge on any atom is 0.119 e. The number of hydrogen-bond donors (Lipinski definition) is 0. The predicted molar refractivity (Wildman–Crippen MR) is 121 cm³/mol. The molecule has 2 fully saturated rings. The third-order valence-corrected chi connectivity index (χ3v) is 7.58. The highest BCUT2D eigenvalue weighted by molar-refractivity contribution is 5.29. The average Bonchev–Trinajstić information content (AvgIpc) is 2.73. The van der Waals surface area contributed by atoms with Crippen molar-refractivity contribution in [2.45, 2.75) is 110 Å². The first kappa shape index (κ1) is 21.7. The van der Waals surface area contributed by atoms with Gasteiger partial charge in [0.15, 0.2) is 0 Å². The maximum atomic E-state index is 6.04. The van der Waals surface area contributed by atoms with Gasteiger partial charge in [-0.3, -0.25) is 0 Å². The zero-order valence-corrected chi connectivity index (χ0v) is 18.6. The largest absolute Gasteiger partial charge is 0.494 e. The minimum absolute atomic E-state index is 0.780. The highest BCUT2D eigenvalue weighted by atomic mass is 16.5. The molecule has 0 spiro atoms. The van der Waals surface area contributed by atoms with Gasteiger partial charge < -0.3 is 4.74 Å². The van der Waals surface area contributed by atoms with Gasteiger partial charge >= 0.3 is 0 Å². The van der Waals surface area contributed by atoms with Crippen molar-refractivity contribution in [2.75, 3.05) is 6.61 Å². The van der Waals surface area contributed by atoms with Crippen molar-refractivity contribution in [3.8, 4) is 5.75 Å². The molecule has 2 aliphatic carbocycles. The topological polar surface area (TPSA) is 9.23 Å². The van der Waals surface area contributed by atoms with Crippen LogP contribution < -0.4 is 4.74 Å². The second kappa shape index (κ2) is 11.9. The van der Waals surface area contributed by atoms with Crippen molar-refractivity contribution < 1.29 is 4.74 Å². The summed E-state index contributed by atoms with van der Waals surface area (Å²) in [5, 5.41) is 0. The fourth-order valence-corrected chi connectivity index (χ4v) is 5.48. The van der Waals surface area contributed by atoms with Crippen molar-refractivity contribution in [1.29, 1.82) is 0 Å². The Morgan fingerprint density at radius 1 is 0.750 bits per heavy atom. The average molecular weight is 385 g/mol. The molecule has 0 aromatic heterocycles. The standard InChI is InChI=1S/C27H44O/c1-3-4-5-7-23-11-13-24(14-12-23)8-6-21-28-27-19-17-26(18-20-27)25-15-9-22(2)10-16-25/h17-20,22-25H,3-16,21H2,1-2H3. The molecule has 2 aliphatic rings. The Morgan fingerprint density at radius 3 is 1.96 bits per heavy atom. The van der Waals surface area contributed by atoms with E-state index >= 15 is 0 Å². The van der Waals surface area contributed by atoms with Crippen molar-refractivity contribution in [3.05, 3.63) is 29.8 Å². The molecule has 0 radical (unpaired) electrons. The maximum absolute atomic E-state index is 6.04. The Labute approximate surface area is 174 Å². The highest BCUT2D eigenvalue weighted by Crippen LogP contribution is 2.36. The highest BCUT2D eigenvalue weighted by Gasteiger charge is 2.21. The lowest BCUT2D eigenvalue weighted by molar-refractivity contribution is 0.228. The Balaban J connectivity index is 1.27. The van der Waals surface area contributed by atoms with Gasteiger partial charge in [-0.25, -0.2) is 0 Å². The van der Waals surface area contributed by atoms with Crippen molar-refractivity contribution in [1.82, 2.24) is 0 Å². The zero-order chi connectivity index (χ0) is 19.6. The van der Waals surface area contributed by atoms with E-state index in [1.54, 1.807) is 0 Å². The van der Waals surface area contributed by atoms with Gasteiger partial charge in [0.1, 0.15) is 5.75 Å². The van der Waals surface area contributed by atoms with Crippen LogP contribution in [-0.2, 0) is 0 Å². The molecule has 0 saturated heterocycles. The van der Waals surface area contributed by atoms with E-state index in [0.29, 0.717) is 0 Å². The molecule has 1 aromatic carbocycles. The van der Waals surface area contributed by atoms with Crippen LogP contribution >= 0.6 is 0 Å². The molecule has 1 nitrogen and oxygen atoms in total. The van der Waals surface area contributed by atoms with E-state index in [4.69, 9.17) is 4.74 Å². The van der Waals surface area contributed by atoms with Gasteiger partial charge in [0.2, 0.25) is 0 Å². The van der Waals surface area contributed by atoms with Gasteiger partial charge in [-0.05, 0) is 67.1 Å². The molecule has 0 bridgehead atoms. The van der Waals surface area contributed by atoms with Crippen LogP contribution in [0.4, 0.5) is 0 Å². The molecule has 0 N–H and O–H groups in total. The molecule has 0 aliphatic heterocycles. The Bertz CT molecular complexity index is 518. The van der Waals surface area contributed by atoms with Crippen LogP contribution in [0.5, 0.6) is 5.75 Å². The van der Waals surface area contributed by atoms with Crippen LogP contribution in [0.3, 0.4) is 0 Å². The van der Waals surface area contributed by atoms with Crippen LogP contribution in [0.25, 0.3) is 0 Å². The molecule has 0 amide bonds. The predicted octanol–water partition coefficient (Wildman–Crippen LogP) is 8.53. The fraction of sp³-hybridized carbons (Fsp3) is 0.778. The molecular formula is C27H44O. The minimum atomic E-state index is 0.780. The summed E-state index contributed by atoms with van der Waals surface area (Å²) in [6.07, 6.45) is 19.7. The summed E-state index contributed by atoms with van der Waals surface area (Å²) in [6, 6.07) is 9.04. The molecule has 158 valence electrons. The van der Waals surface area contributed by atoms with Gasteiger partial charge in [0, 0.05) is 0 Å². The Kier molecular flexibility index (Phi) is 9.22. The monoisotopic (exact) mass is 384 g/mol. The van der Waals surface area contributed by atoms with Crippen molar-refractivity contribution >= 4 is 0 Å². The number of benzene rings is 1. The Hall–Kier alpha value is -0.980. The van der Waals surface area contributed by atoms with Crippen molar-refractivity contribution in [2.24, 2.45) is 17.8 Å². The first-order valence-electron chi connectivity index (χ1n) is 12.5. The summed E-state index contributed by atoms with van der Waals surface area (Å²) in [6.45, 7) is 5.59. The summed E-state index contributed by atoms with van der Waals surface area (Å²) in [7, 11) is 0. The molecule has 3 rings (SSSR count). The lowest BCUT2D eigenvalue weighted by Gasteiger charge is -2.28. The molecule has 2 saturated carbocycles. The van der Waals surface area contributed by atoms with Crippen LogP contribution in [0.15, 0.2) is 24.3 Å². The molecule has 0 unspecified atom stereocenters. The van der Waals surface area contributed by atoms with Crippen LogP contribution in [0, 0.1) is 17.8 Å². The number of unbranched alkanes of at least 4 members (excludes halogenated alkanes) is 2. The molecule has 1 aromatic rings. The van der Waals surface area contributed by atoms with E-state index in [0.717, 1.165) is 36.0 Å². The first-order valence-corrected chi connectivity index (χ1v) is 12.5. The smallest absolute Gasteiger partial charge is 0.119 e. The molecular weight excluding hydrogens is 340 g/mol. The molecule has 28 heavy (non-hydrogen) atoms. The summed E-state index contributed by atoms with van der Waals surface area (Å²) >= 11 is 0. The van der Waals surface area contributed by atoms with Gasteiger partial charge in [0.05, 0.1) is 6.61 Å². The number of rotatable bonds is 10. The summed E-state index contributed by atoms with van der Waals surface area (Å²) in [4.78, 5) is 0. The van der Waals surface area contributed by atoms with Crippen LogP contribution in [0.1, 0.15) is 115 Å². The summed E-state index contributed by atoms with van der Waals surface area (Å²) in [5.41, 5.74) is 1.52. The quantitative estimate of drug-likeness (QED) is 0.367. The van der Waals surface area contributed by atoms with Crippen LogP contribution in [-0.4, -0.2) is 6.61 Å². The number of hydrogen-bond acceptors (Lipinski definition) is 1. The van der Waals surface area contributed by atoms with Crippen LogP contribution in [0.2, 0.25) is 0 Å². The molecule has 1 heteroatoms. The molecule has 0 heterocycles. The van der Waals surface area contributed by atoms with Gasteiger partial charge in [-0.15, -0.1) is 0 Å². The second-order valence-electron chi connectivity index (χ2n) is 9.90. The van der Waals surface area contributed by atoms with E-state index in [9.17, 15) is 0 Å². The third kappa shape index (κ3) is 7.12. The minimum Gasteiger partial charge on any atom is -0.494 e.